The maximum Gasteiger partial charge on any atom is 0.254 e. The predicted molar refractivity (Wildman–Crippen MR) is 82.8 cm³/mol. The van der Waals surface area contributed by atoms with Crippen molar-refractivity contribution in [3.8, 4) is 0 Å². The molecule has 0 bridgehead atoms. The van der Waals surface area contributed by atoms with Crippen LogP contribution in [0.1, 0.15) is 41.6 Å². The van der Waals surface area contributed by atoms with E-state index < -0.39 is 0 Å². The summed E-state index contributed by atoms with van der Waals surface area (Å²) in [6.45, 7) is 2.36. The van der Waals surface area contributed by atoms with Crippen molar-refractivity contribution in [3.63, 3.8) is 0 Å². The van der Waals surface area contributed by atoms with Crippen LogP contribution in [0.3, 0.4) is 0 Å². The lowest BCUT2D eigenvalue weighted by Crippen LogP contribution is -2.27. The third-order valence-electron chi connectivity index (χ3n) is 2.88. The van der Waals surface area contributed by atoms with E-state index in [1.54, 1.807) is 6.07 Å². The molecular weight excluding hydrogens is 304 g/mol. The van der Waals surface area contributed by atoms with Gasteiger partial charge >= 0.3 is 0 Å². The quantitative estimate of drug-likeness (QED) is 0.777. The Kier molecular flexibility index (Phi) is 6.08. The fourth-order valence-electron chi connectivity index (χ4n) is 1.70. The predicted octanol–water partition coefficient (Wildman–Crippen LogP) is 2.23. The zero-order chi connectivity index (χ0) is 15.8. The molecule has 0 saturated heterocycles. The van der Waals surface area contributed by atoms with Crippen molar-refractivity contribution in [1.29, 1.82) is 0 Å². The number of carbonyl (C=O) groups excluding carboxylic acids is 2. The van der Waals surface area contributed by atoms with Gasteiger partial charge in [-0.2, -0.15) is 0 Å². The van der Waals surface area contributed by atoms with E-state index >= 15 is 0 Å². The highest BCUT2D eigenvalue weighted by molar-refractivity contribution is 7.15. The van der Waals surface area contributed by atoms with Crippen molar-refractivity contribution >= 4 is 28.3 Å². The fraction of sp³-hybridized carbons (Fsp3) is 0.429. The number of unbranched alkanes of at least 4 members (excludes halogenated alkanes) is 1. The van der Waals surface area contributed by atoms with Crippen LogP contribution in [0.15, 0.2) is 23.0 Å². The average Bonchev–Trinajstić information content (AvgIpc) is 3.16. The summed E-state index contributed by atoms with van der Waals surface area (Å²) in [6, 6.07) is 1.56. The standard InChI is InChI=1S/C14H18N4O3S/c1-2-3-4-12-17-18-14(22-12)16-11(19)5-7-15-13(20)10-6-8-21-9-10/h6,8-9H,2-5,7H2,1H3,(H,15,20)(H,16,18,19). The van der Waals surface area contributed by atoms with Crippen LogP contribution in [0.5, 0.6) is 0 Å². The SMILES string of the molecule is CCCCc1nnc(NC(=O)CCNC(=O)c2ccoc2)s1. The number of rotatable bonds is 8. The van der Waals surface area contributed by atoms with Crippen molar-refractivity contribution in [2.45, 2.75) is 32.6 Å². The van der Waals surface area contributed by atoms with Gasteiger partial charge in [0.15, 0.2) is 0 Å². The molecule has 0 fully saturated rings. The molecule has 0 aliphatic rings. The summed E-state index contributed by atoms with van der Waals surface area (Å²) in [5, 5.41) is 14.7. The molecule has 2 rings (SSSR count). The third kappa shape index (κ3) is 4.96. The van der Waals surface area contributed by atoms with Crippen LogP contribution in [0, 0.1) is 0 Å². The second-order valence-corrected chi connectivity index (χ2v) is 5.73. The maximum atomic E-state index is 11.8. The molecule has 22 heavy (non-hydrogen) atoms. The van der Waals surface area contributed by atoms with Gasteiger partial charge in [0.2, 0.25) is 11.0 Å². The zero-order valence-corrected chi connectivity index (χ0v) is 13.1. The Morgan fingerprint density at radius 2 is 2.23 bits per heavy atom. The first kappa shape index (κ1) is 16.2. The largest absolute Gasteiger partial charge is 0.472 e. The minimum absolute atomic E-state index is 0.174. The number of carbonyl (C=O) groups is 2. The number of anilines is 1. The minimum atomic E-state index is -0.265. The first-order valence-corrected chi connectivity index (χ1v) is 7.93. The van der Waals surface area contributed by atoms with Crippen molar-refractivity contribution in [2.75, 3.05) is 11.9 Å². The Balaban J connectivity index is 1.69. The van der Waals surface area contributed by atoms with Gasteiger partial charge in [-0.25, -0.2) is 0 Å². The molecule has 0 unspecified atom stereocenters. The van der Waals surface area contributed by atoms with Gasteiger partial charge in [-0.05, 0) is 12.5 Å². The highest BCUT2D eigenvalue weighted by Crippen LogP contribution is 2.17. The lowest BCUT2D eigenvalue weighted by Gasteiger charge is -2.03. The molecule has 2 heterocycles. The smallest absolute Gasteiger partial charge is 0.254 e. The van der Waals surface area contributed by atoms with E-state index in [0.29, 0.717) is 10.7 Å². The average molecular weight is 322 g/mol. The van der Waals surface area contributed by atoms with E-state index in [0.717, 1.165) is 24.3 Å². The number of aromatic nitrogens is 2. The first-order valence-electron chi connectivity index (χ1n) is 7.11. The van der Waals surface area contributed by atoms with Crippen LogP contribution in [0.25, 0.3) is 0 Å². The Labute approximate surface area is 132 Å². The second-order valence-electron chi connectivity index (χ2n) is 4.67. The fourth-order valence-corrected chi connectivity index (χ4v) is 2.50. The third-order valence-corrected chi connectivity index (χ3v) is 3.78. The van der Waals surface area contributed by atoms with E-state index in [2.05, 4.69) is 27.8 Å². The molecule has 0 radical (unpaired) electrons. The summed E-state index contributed by atoms with van der Waals surface area (Å²) < 4.78 is 4.82. The van der Waals surface area contributed by atoms with Crippen LogP contribution in [-0.2, 0) is 11.2 Å². The molecule has 0 aliphatic heterocycles. The molecule has 7 nitrogen and oxygen atoms in total. The van der Waals surface area contributed by atoms with E-state index in [4.69, 9.17) is 4.42 Å². The minimum Gasteiger partial charge on any atom is -0.472 e. The number of furan rings is 1. The van der Waals surface area contributed by atoms with E-state index in [1.165, 1.54) is 23.9 Å². The van der Waals surface area contributed by atoms with Crippen molar-refractivity contribution in [2.24, 2.45) is 0 Å². The molecule has 2 aromatic heterocycles. The van der Waals surface area contributed by atoms with Crippen LogP contribution in [0.4, 0.5) is 5.13 Å². The Hall–Kier alpha value is -2.22. The van der Waals surface area contributed by atoms with Crippen LogP contribution in [0.2, 0.25) is 0 Å². The molecule has 2 N–H and O–H groups in total. The van der Waals surface area contributed by atoms with Gasteiger partial charge in [-0.3, -0.25) is 9.59 Å². The van der Waals surface area contributed by atoms with E-state index in [-0.39, 0.29) is 24.8 Å². The highest BCUT2D eigenvalue weighted by atomic mass is 32.1. The number of nitrogens with one attached hydrogen (secondary N) is 2. The van der Waals surface area contributed by atoms with Gasteiger partial charge < -0.3 is 15.1 Å². The van der Waals surface area contributed by atoms with Crippen molar-refractivity contribution < 1.29 is 14.0 Å². The zero-order valence-electron chi connectivity index (χ0n) is 12.3. The molecule has 0 saturated carbocycles. The van der Waals surface area contributed by atoms with Gasteiger partial charge in [-0.15, -0.1) is 10.2 Å². The normalized spacial score (nSPS) is 10.4. The van der Waals surface area contributed by atoms with E-state index in [9.17, 15) is 9.59 Å². The lowest BCUT2D eigenvalue weighted by atomic mass is 10.3. The second kappa shape index (κ2) is 8.28. The summed E-state index contributed by atoms with van der Waals surface area (Å²) >= 11 is 1.39. The molecule has 0 aliphatic carbocycles. The molecule has 2 amide bonds. The Bertz CT molecular complexity index is 609. The molecular formula is C14H18N4O3S. The van der Waals surface area contributed by atoms with Gasteiger partial charge in [0.25, 0.3) is 5.91 Å². The topological polar surface area (TPSA) is 97.1 Å². The van der Waals surface area contributed by atoms with Gasteiger partial charge in [0.05, 0.1) is 11.8 Å². The number of hydrogen-bond donors (Lipinski definition) is 2. The Morgan fingerprint density at radius 1 is 1.36 bits per heavy atom. The molecule has 0 spiro atoms. The maximum absolute atomic E-state index is 11.8. The summed E-state index contributed by atoms with van der Waals surface area (Å²) in [5.74, 6) is -0.468. The van der Waals surface area contributed by atoms with Crippen LogP contribution in [-0.4, -0.2) is 28.6 Å². The Morgan fingerprint density at radius 3 is 2.95 bits per heavy atom. The molecule has 0 atom stereocenters. The van der Waals surface area contributed by atoms with Crippen LogP contribution < -0.4 is 10.6 Å². The molecule has 8 heteroatoms. The molecule has 0 aromatic carbocycles. The summed E-state index contributed by atoms with van der Waals surface area (Å²) in [7, 11) is 0. The lowest BCUT2D eigenvalue weighted by molar-refractivity contribution is -0.116. The molecule has 118 valence electrons. The number of aryl methyl sites for hydroxylation is 1. The summed E-state index contributed by atoms with van der Waals surface area (Å²) in [6.07, 6.45) is 5.99. The monoisotopic (exact) mass is 322 g/mol. The van der Waals surface area contributed by atoms with Gasteiger partial charge in [0.1, 0.15) is 11.3 Å². The number of nitrogens with zero attached hydrogens (tertiary/aromatic N) is 2. The van der Waals surface area contributed by atoms with Gasteiger partial charge in [-0.1, -0.05) is 24.7 Å². The molecule has 2 aromatic rings. The number of amides is 2. The van der Waals surface area contributed by atoms with Crippen molar-refractivity contribution in [1.82, 2.24) is 15.5 Å². The first-order chi connectivity index (χ1) is 10.7. The van der Waals surface area contributed by atoms with Gasteiger partial charge in [0, 0.05) is 19.4 Å². The van der Waals surface area contributed by atoms with Crippen molar-refractivity contribution in [3.05, 3.63) is 29.2 Å². The highest BCUT2D eigenvalue weighted by Gasteiger charge is 2.10. The van der Waals surface area contributed by atoms with E-state index in [1.807, 2.05) is 0 Å². The number of hydrogen-bond acceptors (Lipinski definition) is 6. The summed E-state index contributed by atoms with van der Waals surface area (Å²) in [4.78, 5) is 23.4. The summed E-state index contributed by atoms with van der Waals surface area (Å²) in [5.41, 5.74) is 0.435. The van der Waals surface area contributed by atoms with Crippen LogP contribution >= 0.6 is 11.3 Å².